The molecule has 0 saturated carbocycles. The molecular formula is C17H18O2S. The van der Waals surface area contributed by atoms with E-state index in [0.717, 1.165) is 18.4 Å². The summed E-state index contributed by atoms with van der Waals surface area (Å²) >= 11 is 4.65. The molecule has 0 aliphatic carbocycles. The standard InChI is InChI=1S/C17H18O2S/c1-13(18)19-16-10-6-5-9-15(16)17(20)12-11-14-7-3-2-4-8-14/h2-10,17,20H,11-12H2,1H3. The second kappa shape index (κ2) is 7.15. The van der Waals surface area contributed by atoms with Crippen LogP contribution in [0, 0.1) is 0 Å². The lowest BCUT2D eigenvalue weighted by molar-refractivity contribution is -0.131. The summed E-state index contributed by atoms with van der Waals surface area (Å²) in [6.45, 7) is 1.41. The molecule has 0 spiro atoms. The van der Waals surface area contributed by atoms with Gasteiger partial charge in [-0.2, -0.15) is 12.6 Å². The number of carbonyl (C=O) groups is 1. The average Bonchev–Trinajstić information content (AvgIpc) is 2.46. The van der Waals surface area contributed by atoms with Crippen LogP contribution in [-0.2, 0) is 11.2 Å². The molecule has 0 fully saturated rings. The predicted octanol–water partition coefficient (Wildman–Crippen LogP) is 4.22. The highest BCUT2D eigenvalue weighted by atomic mass is 32.1. The van der Waals surface area contributed by atoms with E-state index in [0.29, 0.717) is 5.75 Å². The van der Waals surface area contributed by atoms with Crippen molar-refractivity contribution in [1.82, 2.24) is 0 Å². The maximum atomic E-state index is 11.1. The minimum absolute atomic E-state index is 0.0470. The number of hydrogen-bond donors (Lipinski definition) is 1. The van der Waals surface area contributed by atoms with Gasteiger partial charge in [-0.1, -0.05) is 48.5 Å². The molecule has 0 aliphatic rings. The predicted molar refractivity (Wildman–Crippen MR) is 84.2 cm³/mol. The lowest BCUT2D eigenvalue weighted by Gasteiger charge is -2.15. The van der Waals surface area contributed by atoms with Crippen LogP contribution in [0.5, 0.6) is 5.75 Å². The minimum Gasteiger partial charge on any atom is -0.426 e. The third-order valence-corrected chi connectivity index (χ3v) is 3.62. The summed E-state index contributed by atoms with van der Waals surface area (Å²) in [6, 6.07) is 17.9. The smallest absolute Gasteiger partial charge is 0.308 e. The van der Waals surface area contributed by atoms with Gasteiger partial charge < -0.3 is 4.74 Å². The number of esters is 1. The van der Waals surface area contributed by atoms with E-state index in [9.17, 15) is 4.79 Å². The molecule has 0 heterocycles. The Hall–Kier alpha value is -1.74. The maximum Gasteiger partial charge on any atom is 0.308 e. The van der Waals surface area contributed by atoms with Crippen molar-refractivity contribution in [2.45, 2.75) is 25.0 Å². The van der Waals surface area contributed by atoms with E-state index in [1.165, 1.54) is 12.5 Å². The first-order valence-corrected chi connectivity index (χ1v) is 7.18. The zero-order valence-electron chi connectivity index (χ0n) is 11.5. The highest BCUT2D eigenvalue weighted by Gasteiger charge is 2.13. The summed E-state index contributed by atoms with van der Waals surface area (Å²) in [5, 5.41) is 0.0470. The van der Waals surface area contributed by atoms with Crippen molar-refractivity contribution in [3.63, 3.8) is 0 Å². The Morgan fingerprint density at radius 3 is 2.45 bits per heavy atom. The van der Waals surface area contributed by atoms with Crippen LogP contribution in [0.3, 0.4) is 0 Å². The summed E-state index contributed by atoms with van der Waals surface area (Å²) in [5.41, 5.74) is 2.25. The molecule has 0 N–H and O–H groups in total. The van der Waals surface area contributed by atoms with E-state index in [4.69, 9.17) is 4.74 Å². The molecule has 2 aromatic carbocycles. The van der Waals surface area contributed by atoms with Gasteiger partial charge in [0.2, 0.25) is 0 Å². The first-order valence-electron chi connectivity index (χ1n) is 6.66. The number of benzene rings is 2. The van der Waals surface area contributed by atoms with Crippen LogP contribution in [0.25, 0.3) is 0 Å². The molecule has 1 unspecified atom stereocenters. The van der Waals surface area contributed by atoms with Crippen molar-refractivity contribution < 1.29 is 9.53 Å². The van der Waals surface area contributed by atoms with Crippen molar-refractivity contribution in [3.8, 4) is 5.75 Å². The molecule has 2 nitrogen and oxygen atoms in total. The van der Waals surface area contributed by atoms with E-state index in [-0.39, 0.29) is 11.2 Å². The molecule has 20 heavy (non-hydrogen) atoms. The van der Waals surface area contributed by atoms with Crippen LogP contribution < -0.4 is 4.74 Å². The Labute approximate surface area is 125 Å². The van der Waals surface area contributed by atoms with Crippen molar-refractivity contribution in [2.24, 2.45) is 0 Å². The zero-order chi connectivity index (χ0) is 14.4. The summed E-state index contributed by atoms with van der Waals surface area (Å²) in [7, 11) is 0. The van der Waals surface area contributed by atoms with E-state index in [1.807, 2.05) is 42.5 Å². The van der Waals surface area contributed by atoms with E-state index in [1.54, 1.807) is 0 Å². The summed E-state index contributed by atoms with van der Waals surface area (Å²) in [4.78, 5) is 11.1. The van der Waals surface area contributed by atoms with Crippen LogP contribution in [0.15, 0.2) is 54.6 Å². The number of carbonyl (C=O) groups excluding carboxylic acids is 1. The molecule has 1 atom stereocenters. The Morgan fingerprint density at radius 2 is 1.75 bits per heavy atom. The maximum absolute atomic E-state index is 11.1. The Balaban J connectivity index is 2.05. The first-order chi connectivity index (χ1) is 9.66. The van der Waals surface area contributed by atoms with Gasteiger partial charge in [0.05, 0.1) is 0 Å². The highest BCUT2D eigenvalue weighted by Crippen LogP contribution is 2.32. The van der Waals surface area contributed by atoms with Gasteiger partial charge in [0, 0.05) is 17.7 Å². The normalized spacial score (nSPS) is 11.9. The molecule has 0 amide bonds. The largest absolute Gasteiger partial charge is 0.426 e. The average molecular weight is 286 g/mol. The zero-order valence-corrected chi connectivity index (χ0v) is 12.3. The topological polar surface area (TPSA) is 26.3 Å². The highest BCUT2D eigenvalue weighted by molar-refractivity contribution is 7.80. The van der Waals surface area contributed by atoms with Gasteiger partial charge in [-0.25, -0.2) is 0 Å². The second-order valence-corrected chi connectivity index (χ2v) is 5.29. The van der Waals surface area contributed by atoms with Crippen molar-refractivity contribution in [1.29, 1.82) is 0 Å². The summed E-state index contributed by atoms with van der Waals surface area (Å²) in [6.07, 6.45) is 1.84. The number of thiol groups is 1. The van der Waals surface area contributed by atoms with E-state index in [2.05, 4.69) is 24.8 Å². The van der Waals surface area contributed by atoms with Crippen molar-refractivity contribution in [2.75, 3.05) is 0 Å². The number of ether oxygens (including phenoxy) is 1. The Morgan fingerprint density at radius 1 is 1.10 bits per heavy atom. The number of hydrogen-bond acceptors (Lipinski definition) is 3. The van der Waals surface area contributed by atoms with E-state index < -0.39 is 0 Å². The molecule has 0 bridgehead atoms. The molecule has 104 valence electrons. The van der Waals surface area contributed by atoms with Crippen LogP contribution in [0.1, 0.15) is 29.7 Å². The molecule has 3 heteroatoms. The Kier molecular flexibility index (Phi) is 5.24. The number of aryl methyl sites for hydroxylation is 1. The molecule has 0 saturated heterocycles. The Bertz CT molecular complexity index is 566. The lowest BCUT2D eigenvalue weighted by atomic mass is 10.0. The molecule has 0 aromatic heterocycles. The van der Waals surface area contributed by atoms with Crippen LogP contribution in [-0.4, -0.2) is 5.97 Å². The van der Waals surface area contributed by atoms with Crippen LogP contribution >= 0.6 is 12.6 Å². The third kappa shape index (κ3) is 4.14. The van der Waals surface area contributed by atoms with Gasteiger partial charge in [0.1, 0.15) is 5.75 Å². The third-order valence-electron chi connectivity index (χ3n) is 3.08. The quantitative estimate of drug-likeness (QED) is 0.506. The van der Waals surface area contributed by atoms with Crippen LogP contribution in [0.4, 0.5) is 0 Å². The SMILES string of the molecule is CC(=O)Oc1ccccc1C(S)CCc1ccccc1. The molecule has 0 aliphatic heterocycles. The number of rotatable bonds is 5. The van der Waals surface area contributed by atoms with Gasteiger partial charge in [0.15, 0.2) is 0 Å². The minimum atomic E-state index is -0.305. The molecular weight excluding hydrogens is 268 g/mol. The van der Waals surface area contributed by atoms with Gasteiger partial charge in [-0.3, -0.25) is 4.79 Å². The first kappa shape index (κ1) is 14.7. The van der Waals surface area contributed by atoms with Gasteiger partial charge in [-0.05, 0) is 24.5 Å². The monoisotopic (exact) mass is 286 g/mol. The fraction of sp³-hybridized carbons (Fsp3) is 0.235. The van der Waals surface area contributed by atoms with Gasteiger partial charge in [-0.15, -0.1) is 0 Å². The fourth-order valence-corrected chi connectivity index (χ4v) is 2.45. The fourth-order valence-electron chi connectivity index (χ4n) is 2.11. The van der Waals surface area contributed by atoms with Gasteiger partial charge >= 0.3 is 5.97 Å². The van der Waals surface area contributed by atoms with Crippen molar-refractivity contribution >= 4 is 18.6 Å². The van der Waals surface area contributed by atoms with Crippen LogP contribution in [0.2, 0.25) is 0 Å². The van der Waals surface area contributed by atoms with Gasteiger partial charge in [0.25, 0.3) is 0 Å². The summed E-state index contributed by atoms with van der Waals surface area (Å²) in [5.74, 6) is 0.300. The molecule has 0 radical (unpaired) electrons. The van der Waals surface area contributed by atoms with Crippen molar-refractivity contribution in [3.05, 3.63) is 65.7 Å². The number of para-hydroxylation sites is 1. The second-order valence-electron chi connectivity index (χ2n) is 4.67. The molecule has 2 rings (SSSR count). The van der Waals surface area contributed by atoms with E-state index >= 15 is 0 Å². The summed E-state index contributed by atoms with van der Waals surface area (Å²) < 4.78 is 5.23. The lowest BCUT2D eigenvalue weighted by Crippen LogP contribution is -2.05. The molecule has 2 aromatic rings.